The van der Waals surface area contributed by atoms with Gasteiger partial charge in [-0.1, -0.05) is 28.1 Å². The Kier molecular flexibility index (Phi) is 4.04. The third-order valence-electron chi connectivity index (χ3n) is 2.44. The van der Waals surface area contributed by atoms with E-state index in [1.54, 1.807) is 0 Å². The summed E-state index contributed by atoms with van der Waals surface area (Å²) in [6.07, 6.45) is 3.78. The molecule has 1 aromatic heterocycles. The van der Waals surface area contributed by atoms with Crippen LogP contribution >= 0.6 is 15.9 Å². The van der Waals surface area contributed by atoms with E-state index in [0.29, 0.717) is 18.1 Å². The van der Waals surface area contributed by atoms with Crippen molar-refractivity contribution < 1.29 is 4.79 Å². The van der Waals surface area contributed by atoms with Gasteiger partial charge in [0.15, 0.2) is 6.29 Å². The van der Waals surface area contributed by atoms with Crippen molar-refractivity contribution in [3.63, 3.8) is 0 Å². The first-order valence-electron chi connectivity index (χ1n) is 5.42. The number of rotatable bonds is 4. The fourth-order valence-electron chi connectivity index (χ4n) is 1.57. The third-order valence-corrected chi connectivity index (χ3v) is 2.94. The zero-order valence-electron chi connectivity index (χ0n) is 9.88. The highest BCUT2D eigenvalue weighted by Gasteiger charge is 2.05. The minimum absolute atomic E-state index is 0.481. The molecule has 0 saturated heterocycles. The van der Waals surface area contributed by atoms with E-state index in [2.05, 4.69) is 32.0 Å². The normalized spacial score (nSPS) is 10.1. The molecule has 0 atom stereocenters. The first-order valence-corrected chi connectivity index (χ1v) is 6.21. The number of halogens is 1. The summed E-state index contributed by atoms with van der Waals surface area (Å²) in [5.41, 5.74) is 1.64. The number of carbonyl (C=O) groups excluding carboxylic acids is 1. The highest BCUT2D eigenvalue weighted by molar-refractivity contribution is 9.10. The highest BCUT2D eigenvalue weighted by Crippen LogP contribution is 2.14. The fourth-order valence-corrected chi connectivity index (χ4v) is 2.02. The molecule has 0 aliphatic rings. The van der Waals surface area contributed by atoms with Crippen LogP contribution in [0.5, 0.6) is 0 Å². The molecule has 0 radical (unpaired) electrons. The average Bonchev–Trinajstić information content (AvgIpc) is 2.39. The maximum atomic E-state index is 10.5. The summed E-state index contributed by atoms with van der Waals surface area (Å²) in [6, 6.07) is 8.07. The highest BCUT2D eigenvalue weighted by atomic mass is 79.9. The lowest BCUT2D eigenvalue weighted by molar-refractivity contribution is 0.112. The van der Waals surface area contributed by atoms with Gasteiger partial charge in [-0.15, -0.1) is 0 Å². The number of hydrogen-bond donors (Lipinski definition) is 0. The van der Waals surface area contributed by atoms with Crippen LogP contribution in [-0.2, 0) is 6.54 Å². The van der Waals surface area contributed by atoms with Gasteiger partial charge in [-0.3, -0.25) is 4.79 Å². The number of hydrogen-bond acceptors (Lipinski definition) is 4. The van der Waals surface area contributed by atoms with Crippen LogP contribution in [0.1, 0.15) is 15.9 Å². The van der Waals surface area contributed by atoms with Crippen LogP contribution in [-0.4, -0.2) is 23.3 Å². The van der Waals surface area contributed by atoms with Gasteiger partial charge in [0.05, 0.1) is 5.56 Å². The molecule has 0 unspecified atom stereocenters. The van der Waals surface area contributed by atoms with Gasteiger partial charge >= 0.3 is 0 Å². The second-order valence-corrected chi connectivity index (χ2v) is 4.84. The van der Waals surface area contributed by atoms with Crippen LogP contribution in [0.3, 0.4) is 0 Å². The first kappa shape index (κ1) is 12.7. The lowest BCUT2D eigenvalue weighted by Gasteiger charge is -2.16. The molecule has 0 fully saturated rings. The molecule has 0 spiro atoms. The molecular formula is C13H12BrN3O. The number of aromatic nitrogens is 2. The molecule has 0 amide bonds. The summed E-state index contributed by atoms with van der Waals surface area (Å²) >= 11 is 3.44. The second-order valence-electron chi connectivity index (χ2n) is 3.92. The van der Waals surface area contributed by atoms with Crippen molar-refractivity contribution >= 4 is 28.2 Å². The van der Waals surface area contributed by atoms with E-state index in [-0.39, 0.29) is 0 Å². The summed E-state index contributed by atoms with van der Waals surface area (Å²) in [6.45, 7) is 0.708. The minimum Gasteiger partial charge on any atom is -0.340 e. The number of nitrogens with zero attached hydrogens (tertiary/aromatic N) is 3. The van der Waals surface area contributed by atoms with Crippen LogP contribution in [0, 0.1) is 0 Å². The molecular weight excluding hydrogens is 294 g/mol. The Hall–Kier alpha value is -1.75. The number of benzene rings is 1. The van der Waals surface area contributed by atoms with Gasteiger partial charge in [0.2, 0.25) is 5.95 Å². The Labute approximate surface area is 114 Å². The number of carbonyl (C=O) groups is 1. The zero-order valence-corrected chi connectivity index (χ0v) is 11.5. The van der Waals surface area contributed by atoms with Crippen LogP contribution in [0.15, 0.2) is 41.1 Å². The van der Waals surface area contributed by atoms with Crippen LogP contribution in [0.2, 0.25) is 0 Å². The Bertz CT molecular complexity index is 542. The van der Waals surface area contributed by atoms with Crippen molar-refractivity contribution in [2.24, 2.45) is 0 Å². The van der Waals surface area contributed by atoms with Crippen molar-refractivity contribution in [2.45, 2.75) is 6.54 Å². The molecule has 1 aromatic carbocycles. The van der Waals surface area contributed by atoms with Crippen molar-refractivity contribution in [3.05, 3.63) is 52.3 Å². The van der Waals surface area contributed by atoms with Gasteiger partial charge in [0.1, 0.15) is 0 Å². The van der Waals surface area contributed by atoms with E-state index in [4.69, 9.17) is 0 Å². The summed E-state index contributed by atoms with van der Waals surface area (Å²) in [5, 5.41) is 0. The Balaban J connectivity index is 2.11. The Morgan fingerprint density at radius 1 is 1.33 bits per heavy atom. The molecule has 0 aliphatic heterocycles. The summed E-state index contributed by atoms with van der Waals surface area (Å²) in [4.78, 5) is 20.7. The lowest BCUT2D eigenvalue weighted by Crippen LogP contribution is -2.19. The largest absolute Gasteiger partial charge is 0.340 e. The molecule has 0 aliphatic carbocycles. The SMILES string of the molecule is CN(Cc1cccc(Br)c1)c1ncc(C=O)cn1. The maximum Gasteiger partial charge on any atom is 0.225 e. The zero-order chi connectivity index (χ0) is 13.0. The predicted molar refractivity (Wildman–Crippen MR) is 73.7 cm³/mol. The van der Waals surface area contributed by atoms with E-state index < -0.39 is 0 Å². The third kappa shape index (κ3) is 3.13. The Morgan fingerprint density at radius 3 is 2.67 bits per heavy atom. The predicted octanol–water partition coefficient (Wildman–Crippen LogP) is 2.69. The maximum absolute atomic E-state index is 10.5. The molecule has 18 heavy (non-hydrogen) atoms. The molecule has 4 nitrogen and oxygen atoms in total. The van der Waals surface area contributed by atoms with Gasteiger partial charge in [-0.25, -0.2) is 9.97 Å². The topological polar surface area (TPSA) is 46.1 Å². The van der Waals surface area contributed by atoms with Gasteiger partial charge in [0.25, 0.3) is 0 Å². The molecule has 0 N–H and O–H groups in total. The smallest absolute Gasteiger partial charge is 0.225 e. The lowest BCUT2D eigenvalue weighted by atomic mass is 10.2. The van der Waals surface area contributed by atoms with Crippen molar-refractivity contribution in [2.75, 3.05) is 11.9 Å². The Morgan fingerprint density at radius 2 is 2.06 bits per heavy atom. The van der Waals surface area contributed by atoms with Crippen LogP contribution in [0.25, 0.3) is 0 Å². The van der Waals surface area contributed by atoms with Crippen molar-refractivity contribution in [1.29, 1.82) is 0 Å². The van der Waals surface area contributed by atoms with Gasteiger partial charge in [-0.2, -0.15) is 0 Å². The molecule has 5 heteroatoms. The minimum atomic E-state index is 0.481. The van der Waals surface area contributed by atoms with E-state index in [9.17, 15) is 4.79 Å². The van der Waals surface area contributed by atoms with Crippen LogP contribution < -0.4 is 4.90 Å². The number of anilines is 1. The van der Waals surface area contributed by atoms with E-state index in [1.165, 1.54) is 12.4 Å². The summed E-state index contributed by atoms with van der Waals surface area (Å²) in [5.74, 6) is 0.598. The van der Waals surface area contributed by atoms with Crippen molar-refractivity contribution in [3.8, 4) is 0 Å². The molecule has 0 saturated carbocycles. The van der Waals surface area contributed by atoms with Gasteiger partial charge in [0, 0.05) is 30.5 Å². The fraction of sp³-hybridized carbons (Fsp3) is 0.154. The van der Waals surface area contributed by atoms with E-state index >= 15 is 0 Å². The molecule has 92 valence electrons. The van der Waals surface area contributed by atoms with Gasteiger partial charge < -0.3 is 4.90 Å². The summed E-state index contributed by atoms with van der Waals surface area (Å²) in [7, 11) is 1.91. The molecule has 2 rings (SSSR count). The standard InChI is InChI=1S/C13H12BrN3O/c1-17(8-10-3-2-4-12(14)5-10)13-15-6-11(9-18)7-16-13/h2-7,9H,8H2,1H3. The monoisotopic (exact) mass is 305 g/mol. The second kappa shape index (κ2) is 5.73. The molecule has 2 aromatic rings. The summed E-state index contributed by atoms with van der Waals surface area (Å²) < 4.78 is 1.05. The number of aldehydes is 1. The van der Waals surface area contributed by atoms with E-state index in [1.807, 2.05) is 30.1 Å². The quantitative estimate of drug-likeness (QED) is 0.815. The molecule has 0 bridgehead atoms. The first-order chi connectivity index (χ1) is 8.69. The molecule has 1 heterocycles. The average molecular weight is 306 g/mol. The van der Waals surface area contributed by atoms with Crippen LogP contribution in [0.4, 0.5) is 5.95 Å². The van der Waals surface area contributed by atoms with Crippen molar-refractivity contribution in [1.82, 2.24) is 9.97 Å². The van der Waals surface area contributed by atoms with E-state index in [0.717, 1.165) is 16.3 Å². The van der Waals surface area contributed by atoms with Gasteiger partial charge in [-0.05, 0) is 17.7 Å².